The summed E-state index contributed by atoms with van der Waals surface area (Å²) in [5.74, 6) is 0.776. The SMILES string of the molecule is CC(=NNC(=O)c1cc(-c2ccc(OCC(C)C)cc2)n[nH]1)c1ccc([N+](=O)[O-])cc1. The minimum Gasteiger partial charge on any atom is -0.493 e. The summed E-state index contributed by atoms with van der Waals surface area (Å²) in [6.45, 7) is 6.51. The van der Waals surface area contributed by atoms with E-state index < -0.39 is 10.8 Å². The molecule has 0 unspecified atom stereocenters. The molecule has 0 saturated carbocycles. The van der Waals surface area contributed by atoms with Gasteiger partial charge in [-0.05, 0) is 60.9 Å². The van der Waals surface area contributed by atoms with Crippen LogP contribution in [-0.2, 0) is 0 Å². The predicted octanol–water partition coefficient (Wildman–Crippen LogP) is 4.17. The van der Waals surface area contributed by atoms with E-state index in [0.29, 0.717) is 29.5 Å². The first kappa shape index (κ1) is 21.7. The first-order valence-corrected chi connectivity index (χ1v) is 9.71. The second kappa shape index (κ2) is 9.66. The molecule has 3 aromatic rings. The van der Waals surface area contributed by atoms with Crippen molar-refractivity contribution in [2.75, 3.05) is 6.61 Å². The van der Waals surface area contributed by atoms with Crippen molar-refractivity contribution >= 4 is 17.3 Å². The Balaban J connectivity index is 1.63. The number of ether oxygens (including phenoxy) is 1. The quantitative estimate of drug-likeness (QED) is 0.321. The molecule has 9 heteroatoms. The lowest BCUT2D eigenvalue weighted by Gasteiger charge is -2.08. The summed E-state index contributed by atoms with van der Waals surface area (Å²) in [6.07, 6.45) is 0. The van der Waals surface area contributed by atoms with Crippen LogP contribution in [0, 0.1) is 16.0 Å². The summed E-state index contributed by atoms with van der Waals surface area (Å²) in [5, 5.41) is 21.7. The van der Waals surface area contributed by atoms with Crippen molar-refractivity contribution in [3.63, 3.8) is 0 Å². The molecular formula is C22H23N5O4. The average Bonchev–Trinajstić information content (AvgIpc) is 3.26. The summed E-state index contributed by atoms with van der Waals surface area (Å²) in [7, 11) is 0. The van der Waals surface area contributed by atoms with E-state index in [1.165, 1.54) is 12.1 Å². The van der Waals surface area contributed by atoms with Crippen LogP contribution in [0.5, 0.6) is 5.75 Å². The fourth-order valence-corrected chi connectivity index (χ4v) is 2.65. The number of nitrogens with zero attached hydrogens (tertiary/aromatic N) is 3. The third kappa shape index (κ3) is 5.75. The molecule has 0 saturated heterocycles. The van der Waals surface area contributed by atoms with Crippen molar-refractivity contribution in [1.82, 2.24) is 15.6 Å². The van der Waals surface area contributed by atoms with Crippen molar-refractivity contribution in [2.45, 2.75) is 20.8 Å². The minimum atomic E-state index is -0.472. The molecule has 0 bridgehead atoms. The fraction of sp³-hybridized carbons (Fsp3) is 0.227. The van der Waals surface area contributed by atoms with E-state index in [1.807, 2.05) is 24.3 Å². The molecule has 31 heavy (non-hydrogen) atoms. The first-order valence-electron chi connectivity index (χ1n) is 9.71. The first-order chi connectivity index (χ1) is 14.8. The van der Waals surface area contributed by atoms with Crippen LogP contribution < -0.4 is 10.2 Å². The Bertz CT molecular complexity index is 1090. The van der Waals surface area contributed by atoms with E-state index in [1.54, 1.807) is 25.1 Å². The number of aromatic nitrogens is 2. The average molecular weight is 421 g/mol. The van der Waals surface area contributed by atoms with Gasteiger partial charge >= 0.3 is 0 Å². The third-order valence-electron chi connectivity index (χ3n) is 4.38. The number of carbonyl (C=O) groups excluding carboxylic acids is 1. The lowest BCUT2D eigenvalue weighted by molar-refractivity contribution is -0.384. The highest BCUT2D eigenvalue weighted by Gasteiger charge is 2.12. The Morgan fingerprint density at radius 1 is 1.19 bits per heavy atom. The number of aromatic amines is 1. The zero-order chi connectivity index (χ0) is 22.4. The molecule has 2 N–H and O–H groups in total. The molecule has 1 heterocycles. The van der Waals surface area contributed by atoms with Gasteiger partial charge in [0.05, 0.1) is 22.9 Å². The molecular weight excluding hydrogens is 398 g/mol. The highest BCUT2D eigenvalue weighted by molar-refractivity contribution is 6.00. The van der Waals surface area contributed by atoms with Crippen molar-refractivity contribution in [3.05, 3.63) is 76.0 Å². The van der Waals surface area contributed by atoms with Crippen LogP contribution in [0.15, 0.2) is 59.7 Å². The molecule has 1 amide bonds. The van der Waals surface area contributed by atoms with Crippen LogP contribution in [0.1, 0.15) is 36.8 Å². The van der Waals surface area contributed by atoms with Crippen LogP contribution in [0.3, 0.4) is 0 Å². The Kier molecular flexibility index (Phi) is 6.76. The molecule has 0 radical (unpaired) electrons. The van der Waals surface area contributed by atoms with E-state index >= 15 is 0 Å². The fourth-order valence-electron chi connectivity index (χ4n) is 2.65. The van der Waals surface area contributed by atoms with E-state index in [-0.39, 0.29) is 11.4 Å². The number of hydrazone groups is 1. The van der Waals surface area contributed by atoms with Crippen LogP contribution in [0.2, 0.25) is 0 Å². The summed E-state index contributed by atoms with van der Waals surface area (Å²) in [5.41, 5.74) is 5.35. The summed E-state index contributed by atoms with van der Waals surface area (Å²) in [6, 6.07) is 15.0. The summed E-state index contributed by atoms with van der Waals surface area (Å²) >= 11 is 0. The zero-order valence-corrected chi connectivity index (χ0v) is 17.5. The number of hydrogen-bond donors (Lipinski definition) is 2. The number of amides is 1. The van der Waals surface area contributed by atoms with Gasteiger partial charge in [-0.3, -0.25) is 20.0 Å². The number of nitro benzene ring substituents is 1. The molecule has 0 aliphatic carbocycles. The van der Waals surface area contributed by atoms with Crippen molar-refractivity contribution in [2.24, 2.45) is 11.0 Å². The molecule has 2 aromatic carbocycles. The number of H-pyrrole nitrogens is 1. The maximum absolute atomic E-state index is 12.4. The summed E-state index contributed by atoms with van der Waals surface area (Å²) in [4.78, 5) is 22.6. The van der Waals surface area contributed by atoms with Crippen LogP contribution in [-0.4, -0.2) is 33.3 Å². The van der Waals surface area contributed by atoms with Gasteiger partial charge in [0.15, 0.2) is 0 Å². The minimum absolute atomic E-state index is 0.00917. The maximum atomic E-state index is 12.4. The maximum Gasteiger partial charge on any atom is 0.289 e. The second-order valence-corrected chi connectivity index (χ2v) is 7.34. The van der Waals surface area contributed by atoms with Gasteiger partial charge in [0.2, 0.25) is 0 Å². The Morgan fingerprint density at radius 3 is 2.48 bits per heavy atom. The van der Waals surface area contributed by atoms with E-state index in [0.717, 1.165) is 11.3 Å². The largest absolute Gasteiger partial charge is 0.493 e. The van der Waals surface area contributed by atoms with E-state index in [2.05, 4.69) is 34.6 Å². The van der Waals surface area contributed by atoms with Gasteiger partial charge in [-0.1, -0.05) is 13.8 Å². The van der Waals surface area contributed by atoms with Gasteiger partial charge in [-0.2, -0.15) is 10.2 Å². The molecule has 0 fully saturated rings. The number of benzene rings is 2. The Labute approximate surface area is 179 Å². The highest BCUT2D eigenvalue weighted by Crippen LogP contribution is 2.21. The second-order valence-electron chi connectivity index (χ2n) is 7.34. The van der Waals surface area contributed by atoms with Gasteiger partial charge in [0.25, 0.3) is 11.6 Å². The molecule has 9 nitrogen and oxygen atoms in total. The van der Waals surface area contributed by atoms with Gasteiger partial charge in [0, 0.05) is 17.7 Å². The molecule has 160 valence electrons. The Hall–Kier alpha value is -4.01. The number of nitro groups is 1. The smallest absolute Gasteiger partial charge is 0.289 e. The number of nitrogens with one attached hydrogen (secondary N) is 2. The normalized spacial score (nSPS) is 11.4. The standard InChI is InChI=1S/C22H23N5O4/c1-14(2)13-31-19-10-6-17(7-11-19)20-12-21(25-24-20)22(28)26-23-15(3)16-4-8-18(9-5-16)27(29)30/h4-12,14H,13H2,1-3H3,(H,24,25)(H,26,28). The van der Waals surface area contributed by atoms with Crippen LogP contribution in [0.4, 0.5) is 5.69 Å². The zero-order valence-electron chi connectivity index (χ0n) is 17.5. The van der Waals surface area contributed by atoms with Crippen molar-refractivity contribution in [3.8, 4) is 17.0 Å². The van der Waals surface area contributed by atoms with Gasteiger partial charge in [-0.15, -0.1) is 0 Å². The number of carbonyl (C=O) groups is 1. The lowest BCUT2D eigenvalue weighted by Crippen LogP contribution is -2.19. The van der Waals surface area contributed by atoms with Gasteiger partial charge < -0.3 is 4.74 Å². The topological polar surface area (TPSA) is 123 Å². The van der Waals surface area contributed by atoms with Crippen LogP contribution >= 0.6 is 0 Å². The lowest BCUT2D eigenvalue weighted by atomic mass is 10.1. The molecule has 0 spiro atoms. The summed E-state index contributed by atoms with van der Waals surface area (Å²) < 4.78 is 5.67. The van der Waals surface area contributed by atoms with Gasteiger partial charge in [-0.25, -0.2) is 5.43 Å². The van der Waals surface area contributed by atoms with E-state index in [4.69, 9.17) is 4.74 Å². The van der Waals surface area contributed by atoms with Gasteiger partial charge in [0.1, 0.15) is 11.4 Å². The molecule has 0 aliphatic heterocycles. The predicted molar refractivity (Wildman–Crippen MR) is 117 cm³/mol. The Morgan fingerprint density at radius 2 is 1.87 bits per heavy atom. The van der Waals surface area contributed by atoms with Crippen molar-refractivity contribution in [1.29, 1.82) is 0 Å². The third-order valence-corrected chi connectivity index (χ3v) is 4.38. The van der Waals surface area contributed by atoms with Crippen molar-refractivity contribution < 1.29 is 14.5 Å². The monoisotopic (exact) mass is 421 g/mol. The number of hydrogen-bond acceptors (Lipinski definition) is 6. The van der Waals surface area contributed by atoms with Crippen LogP contribution in [0.25, 0.3) is 11.3 Å². The molecule has 1 aromatic heterocycles. The highest BCUT2D eigenvalue weighted by atomic mass is 16.6. The van der Waals surface area contributed by atoms with E-state index in [9.17, 15) is 14.9 Å². The molecule has 0 atom stereocenters. The number of non-ortho nitro benzene ring substituents is 1. The molecule has 3 rings (SSSR count). The molecule has 0 aliphatic rings. The number of rotatable bonds is 8.